The molecule has 2 N–H and O–H groups in total. The van der Waals surface area contributed by atoms with E-state index < -0.39 is 16.6 Å². The molecular formula is C9H12FNOS. The summed E-state index contributed by atoms with van der Waals surface area (Å²) in [7, 11) is -1.22. The van der Waals surface area contributed by atoms with Gasteiger partial charge in [0.1, 0.15) is 5.82 Å². The molecule has 0 aliphatic carbocycles. The molecule has 0 aliphatic heterocycles. The van der Waals surface area contributed by atoms with Crippen LogP contribution >= 0.6 is 0 Å². The summed E-state index contributed by atoms with van der Waals surface area (Å²) in [6.07, 6.45) is 0. The summed E-state index contributed by atoms with van der Waals surface area (Å²) in [4.78, 5) is 0.384. The van der Waals surface area contributed by atoms with Crippen LogP contribution in [-0.2, 0) is 10.8 Å². The Labute approximate surface area is 79.4 Å². The molecule has 0 spiro atoms. The monoisotopic (exact) mass is 201 g/mol. The van der Waals surface area contributed by atoms with E-state index in [0.717, 1.165) is 0 Å². The number of nitrogens with two attached hydrogens (primary N) is 1. The van der Waals surface area contributed by atoms with Gasteiger partial charge in [-0.2, -0.15) is 0 Å². The van der Waals surface area contributed by atoms with Crippen LogP contribution < -0.4 is 5.73 Å². The van der Waals surface area contributed by atoms with E-state index in [2.05, 4.69) is 0 Å². The molecule has 1 aromatic carbocycles. The summed E-state index contributed by atoms with van der Waals surface area (Å²) in [6.45, 7) is 3.61. The Balaban J connectivity index is 3.13. The smallest absolute Gasteiger partial charge is 0.124 e. The fraction of sp³-hybridized carbons (Fsp3) is 0.333. The zero-order chi connectivity index (χ0) is 10.0. The Morgan fingerprint density at radius 1 is 1.46 bits per heavy atom. The number of halogens is 1. The van der Waals surface area contributed by atoms with Crippen LogP contribution in [0.4, 0.5) is 10.1 Å². The van der Waals surface area contributed by atoms with E-state index in [4.69, 9.17) is 5.73 Å². The Kier molecular flexibility index (Phi) is 3.03. The van der Waals surface area contributed by atoms with Crippen molar-refractivity contribution in [3.8, 4) is 0 Å². The highest BCUT2D eigenvalue weighted by molar-refractivity contribution is 7.85. The lowest BCUT2D eigenvalue weighted by Gasteiger charge is -2.07. The predicted molar refractivity (Wildman–Crippen MR) is 52.4 cm³/mol. The molecule has 0 amide bonds. The standard InChI is InChI=1S/C9H12FNOS/c1-6(2)13(12)9-5-7(10)3-4-8(9)11/h3-6H,11H2,1-2H3. The van der Waals surface area contributed by atoms with Crippen molar-refractivity contribution >= 4 is 16.5 Å². The van der Waals surface area contributed by atoms with Gasteiger partial charge in [-0.1, -0.05) is 13.8 Å². The molecule has 0 heterocycles. The normalized spacial score (nSPS) is 13.2. The molecule has 4 heteroatoms. The number of anilines is 1. The lowest BCUT2D eigenvalue weighted by atomic mass is 10.3. The van der Waals surface area contributed by atoms with Crippen LogP contribution in [0.2, 0.25) is 0 Å². The average molecular weight is 201 g/mol. The molecule has 0 aromatic heterocycles. The first kappa shape index (κ1) is 10.2. The number of benzene rings is 1. The molecular weight excluding hydrogens is 189 g/mol. The lowest BCUT2D eigenvalue weighted by Crippen LogP contribution is -2.08. The Hall–Kier alpha value is -0.900. The van der Waals surface area contributed by atoms with Gasteiger partial charge in [-0.3, -0.25) is 4.21 Å². The molecule has 1 rings (SSSR count). The molecule has 0 radical (unpaired) electrons. The molecule has 1 atom stereocenters. The van der Waals surface area contributed by atoms with E-state index in [1.807, 2.05) is 0 Å². The largest absolute Gasteiger partial charge is 0.398 e. The van der Waals surface area contributed by atoms with Crippen molar-refractivity contribution in [1.82, 2.24) is 0 Å². The van der Waals surface area contributed by atoms with Gasteiger partial charge in [0.25, 0.3) is 0 Å². The van der Waals surface area contributed by atoms with Crippen molar-refractivity contribution < 1.29 is 8.60 Å². The number of nitrogen functional groups attached to an aromatic ring is 1. The molecule has 0 aliphatic rings. The van der Waals surface area contributed by atoms with E-state index in [0.29, 0.717) is 10.6 Å². The van der Waals surface area contributed by atoms with Crippen molar-refractivity contribution in [3.63, 3.8) is 0 Å². The van der Waals surface area contributed by atoms with Crippen LogP contribution in [0.5, 0.6) is 0 Å². The van der Waals surface area contributed by atoms with Crippen LogP contribution in [0, 0.1) is 5.82 Å². The molecule has 2 nitrogen and oxygen atoms in total. The van der Waals surface area contributed by atoms with Gasteiger partial charge in [0, 0.05) is 10.9 Å². The quantitative estimate of drug-likeness (QED) is 0.743. The minimum absolute atomic E-state index is 0.0518. The third kappa shape index (κ3) is 2.28. The third-order valence-corrected chi connectivity index (χ3v) is 3.26. The van der Waals surface area contributed by atoms with Crippen LogP contribution in [0.15, 0.2) is 23.1 Å². The maximum Gasteiger partial charge on any atom is 0.124 e. The van der Waals surface area contributed by atoms with Crippen molar-refractivity contribution in [3.05, 3.63) is 24.0 Å². The number of hydrogen-bond donors (Lipinski definition) is 1. The van der Waals surface area contributed by atoms with Gasteiger partial charge in [-0.05, 0) is 18.2 Å². The summed E-state index contributed by atoms with van der Waals surface area (Å²) in [5.74, 6) is -0.404. The molecule has 13 heavy (non-hydrogen) atoms. The molecule has 0 saturated carbocycles. The summed E-state index contributed by atoms with van der Waals surface area (Å²) < 4.78 is 24.4. The predicted octanol–water partition coefficient (Wildman–Crippen LogP) is 1.92. The highest BCUT2D eigenvalue weighted by Crippen LogP contribution is 2.19. The van der Waals surface area contributed by atoms with Gasteiger partial charge in [0.05, 0.1) is 15.7 Å². The second-order valence-corrected chi connectivity index (χ2v) is 5.01. The van der Waals surface area contributed by atoms with Crippen molar-refractivity contribution in [2.75, 3.05) is 5.73 Å². The van der Waals surface area contributed by atoms with Crippen molar-refractivity contribution in [2.45, 2.75) is 24.0 Å². The van der Waals surface area contributed by atoms with Gasteiger partial charge >= 0.3 is 0 Å². The fourth-order valence-electron chi connectivity index (χ4n) is 0.936. The maximum absolute atomic E-state index is 12.8. The Morgan fingerprint density at radius 2 is 2.08 bits per heavy atom. The van der Waals surface area contributed by atoms with Crippen LogP contribution in [0.1, 0.15) is 13.8 Å². The Bertz CT molecular complexity index is 338. The highest BCUT2D eigenvalue weighted by Gasteiger charge is 2.12. The summed E-state index contributed by atoms with van der Waals surface area (Å²) >= 11 is 0. The molecule has 0 bridgehead atoms. The number of hydrogen-bond acceptors (Lipinski definition) is 2. The first-order valence-electron chi connectivity index (χ1n) is 3.98. The van der Waals surface area contributed by atoms with Crippen molar-refractivity contribution in [1.29, 1.82) is 0 Å². The average Bonchev–Trinajstić information content (AvgIpc) is 2.08. The summed E-state index contributed by atoms with van der Waals surface area (Å²) in [5, 5.41) is -0.0518. The van der Waals surface area contributed by atoms with Crippen LogP contribution in [0.3, 0.4) is 0 Å². The second-order valence-electron chi connectivity index (χ2n) is 3.03. The van der Waals surface area contributed by atoms with E-state index in [-0.39, 0.29) is 5.25 Å². The zero-order valence-electron chi connectivity index (χ0n) is 7.58. The van der Waals surface area contributed by atoms with E-state index in [9.17, 15) is 8.60 Å². The van der Waals surface area contributed by atoms with Gasteiger partial charge < -0.3 is 5.73 Å². The van der Waals surface area contributed by atoms with E-state index in [1.54, 1.807) is 13.8 Å². The fourth-order valence-corrected chi connectivity index (χ4v) is 1.97. The molecule has 1 unspecified atom stereocenters. The minimum atomic E-state index is -1.22. The van der Waals surface area contributed by atoms with Crippen LogP contribution in [0.25, 0.3) is 0 Å². The van der Waals surface area contributed by atoms with E-state index in [1.165, 1.54) is 18.2 Å². The van der Waals surface area contributed by atoms with Gasteiger partial charge in [0.15, 0.2) is 0 Å². The second kappa shape index (κ2) is 3.87. The molecule has 1 aromatic rings. The Morgan fingerprint density at radius 3 is 2.62 bits per heavy atom. The minimum Gasteiger partial charge on any atom is -0.398 e. The molecule has 72 valence electrons. The van der Waals surface area contributed by atoms with Gasteiger partial charge in [-0.15, -0.1) is 0 Å². The van der Waals surface area contributed by atoms with Gasteiger partial charge in [0.2, 0.25) is 0 Å². The lowest BCUT2D eigenvalue weighted by molar-refractivity contribution is 0.622. The first-order valence-corrected chi connectivity index (χ1v) is 5.19. The van der Waals surface area contributed by atoms with Gasteiger partial charge in [-0.25, -0.2) is 4.39 Å². The highest BCUT2D eigenvalue weighted by atomic mass is 32.2. The maximum atomic E-state index is 12.8. The summed E-state index contributed by atoms with van der Waals surface area (Å²) in [5.41, 5.74) is 5.95. The SMILES string of the molecule is CC(C)S(=O)c1cc(F)ccc1N. The van der Waals surface area contributed by atoms with E-state index >= 15 is 0 Å². The molecule has 0 fully saturated rings. The zero-order valence-corrected chi connectivity index (χ0v) is 8.40. The summed E-state index contributed by atoms with van der Waals surface area (Å²) in [6, 6.07) is 3.92. The topological polar surface area (TPSA) is 43.1 Å². The molecule has 0 saturated heterocycles. The van der Waals surface area contributed by atoms with Crippen LogP contribution in [-0.4, -0.2) is 9.46 Å². The first-order chi connectivity index (χ1) is 6.02. The van der Waals surface area contributed by atoms with Crippen molar-refractivity contribution in [2.24, 2.45) is 0 Å². The number of rotatable bonds is 2. The third-order valence-electron chi connectivity index (χ3n) is 1.62.